The largest absolute Gasteiger partial charge is 0.393 e. The Morgan fingerprint density at radius 2 is 0.912 bits per heavy atom. The van der Waals surface area contributed by atoms with E-state index >= 15 is 0 Å². The molecule has 0 fully saturated rings. The average molecular weight is 634 g/mol. The van der Waals surface area contributed by atoms with E-state index in [1.54, 1.807) is 0 Å². The molecule has 0 saturated carbocycles. The molecule has 34 heavy (non-hydrogen) atoms. The van der Waals surface area contributed by atoms with Crippen molar-refractivity contribution in [3.05, 3.63) is 57.0 Å². The Labute approximate surface area is 199 Å². The summed E-state index contributed by atoms with van der Waals surface area (Å²) in [5.41, 5.74) is -2.33. The zero-order valence-electron chi connectivity index (χ0n) is 15.8. The molecule has 0 radical (unpaired) electrons. The third-order valence-corrected chi connectivity index (χ3v) is 5.10. The third kappa shape index (κ3) is 4.87. The predicted molar refractivity (Wildman–Crippen MR) is 105 cm³/mol. The van der Waals surface area contributed by atoms with Crippen LogP contribution in [-0.4, -0.2) is 35.5 Å². The fourth-order valence-corrected chi connectivity index (χ4v) is 2.93. The normalized spacial score (nSPS) is 12.9. The Bertz CT molecular complexity index is 1040. The molecular formula is C18H8Br2F10N2O2. The SMILES string of the molecule is O=C(Nc1ccc(Br)cc1F)C(F)(F)C(F)(F)C(F)(F)C(F)(F)C(=O)Nc1ccc(Br)cc1F. The molecule has 2 aromatic carbocycles. The second kappa shape index (κ2) is 9.36. The van der Waals surface area contributed by atoms with Gasteiger partial charge >= 0.3 is 35.5 Å². The molecule has 2 aromatic rings. The van der Waals surface area contributed by atoms with Crippen molar-refractivity contribution in [1.82, 2.24) is 0 Å². The summed E-state index contributed by atoms with van der Waals surface area (Å²) in [4.78, 5) is 23.2. The number of halogens is 12. The Balaban J connectivity index is 2.36. The minimum Gasteiger partial charge on any atom is -0.318 e. The molecule has 0 heterocycles. The van der Waals surface area contributed by atoms with Gasteiger partial charge in [-0.05, 0) is 36.4 Å². The molecule has 186 valence electrons. The molecule has 4 nitrogen and oxygen atoms in total. The number of hydrogen-bond acceptors (Lipinski definition) is 2. The number of carbonyl (C=O) groups is 2. The van der Waals surface area contributed by atoms with Crippen molar-refractivity contribution in [3.8, 4) is 0 Å². The van der Waals surface area contributed by atoms with Crippen LogP contribution >= 0.6 is 31.9 Å². The molecule has 0 aromatic heterocycles. The summed E-state index contributed by atoms with van der Waals surface area (Å²) in [7, 11) is 0. The lowest BCUT2D eigenvalue weighted by Crippen LogP contribution is -2.67. The van der Waals surface area contributed by atoms with E-state index in [4.69, 9.17) is 0 Å². The van der Waals surface area contributed by atoms with E-state index < -0.39 is 58.5 Å². The highest BCUT2D eigenvalue weighted by Crippen LogP contribution is 2.53. The zero-order chi connectivity index (χ0) is 26.3. The van der Waals surface area contributed by atoms with Gasteiger partial charge < -0.3 is 10.6 Å². The van der Waals surface area contributed by atoms with Gasteiger partial charge in [-0.1, -0.05) is 31.9 Å². The van der Waals surface area contributed by atoms with Gasteiger partial charge in [-0.3, -0.25) is 9.59 Å². The molecule has 0 aliphatic carbocycles. The molecule has 2 N–H and O–H groups in total. The van der Waals surface area contributed by atoms with Gasteiger partial charge in [0.15, 0.2) is 0 Å². The summed E-state index contributed by atoms with van der Waals surface area (Å²) in [5.74, 6) is -37.0. The molecule has 0 aliphatic heterocycles. The summed E-state index contributed by atoms with van der Waals surface area (Å²) in [6, 6.07) is 4.23. The van der Waals surface area contributed by atoms with Gasteiger partial charge in [-0.25, -0.2) is 8.78 Å². The number of alkyl halides is 8. The van der Waals surface area contributed by atoms with Gasteiger partial charge in [0, 0.05) is 8.95 Å². The second-order valence-electron chi connectivity index (χ2n) is 6.45. The van der Waals surface area contributed by atoms with Crippen LogP contribution in [0.3, 0.4) is 0 Å². The topological polar surface area (TPSA) is 58.2 Å². The number of amides is 2. The number of carbonyl (C=O) groups excluding carboxylic acids is 2. The molecule has 0 saturated heterocycles. The van der Waals surface area contributed by atoms with E-state index in [1.807, 2.05) is 0 Å². The third-order valence-electron chi connectivity index (χ3n) is 4.11. The molecule has 2 amide bonds. The highest BCUT2D eigenvalue weighted by Gasteiger charge is 2.84. The van der Waals surface area contributed by atoms with E-state index in [2.05, 4.69) is 31.9 Å². The van der Waals surface area contributed by atoms with Crippen molar-refractivity contribution in [1.29, 1.82) is 0 Å². The highest BCUT2D eigenvalue weighted by atomic mass is 79.9. The van der Waals surface area contributed by atoms with Crippen molar-refractivity contribution in [2.24, 2.45) is 0 Å². The van der Waals surface area contributed by atoms with Crippen molar-refractivity contribution in [2.45, 2.75) is 23.7 Å². The molecule has 0 spiro atoms. The summed E-state index contributed by atoms with van der Waals surface area (Å²) >= 11 is 5.52. The maximum Gasteiger partial charge on any atom is 0.393 e. The van der Waals surface area contributed by atoms with Gasteiger partial charge in [0.1, 0.15) is 11.6 Å². The van der Waals surface area contributed by atoms with Crippen LogP contribution in [0.25, 0.3) is 0 Å². The van der Waals surface area contributed by atoms with Gasteiger partial charge in [0.2, 0.25) is 0 Å². The van der Waals surface area contributed by atoms with Crippen LogP contribution in [-0.2, 0) is 9.59 Å². The summed E-state index contributed by atoms with van der Waals surface area (Å²) in [6.07, 6.45) is 0. The van der Waals surface area contributed by atoms with Gasteiger partial charge in [-0.15, -0.1) is 0 Å². The molecular weight excluding hydrogens is 626 g/mol. The Kier molecular flexibility index (Phi) is 7.67. The summed E-state index contributed by atoms with van der Waals surface area (Å²) in [5, 5.41) is 1.78. The average Bonchev–Trinajstić information content (AvgIpc) is 2.71. The number of benzene rings is 2. The first kappa shape index (κ1) is 27.9. The van der Waals surface area contributed by atoms with Crippen LogP contribution in [0.4, 0.5) is 55.3 Å². The Morgan fingerprint density at radius 3 is 1.18 bits per heavy atom. The fraction of sp³-hybridized carbons (Fsp3) is 0.222. The number of rotatable bonds is 7. The maximum absolute atomic E-state index is 14.0. The molecule has 0 atom stereocenters. The van der Waals surface area contributed by atoms with Crippen molar-refractivity contribution >= 4 is 55.0 Å². The van der Waals surface area contributed by atoms with E-state index in [0.29, 0.717) is 24.3 Å². The quantitative estimate of drug-likeness (QED) is 0.337. The minimum absolute atomic E-state index is 0.0134. The van der Waals surface area contributed by atoms with Crippen LogP contribution in [0.15, 0.2) is 45.3 Å². The van der Waals surface area contributed by atoms with E-state index in [1.165, 1.54) is 0 Å². The van der Waals surface area contributed by atoms with Crippen LogP contribution in [0.2, 0.25) is 0 Å². The van der Waals surface area contributed by atoms with Gasteiger partial charge in [-0.2, -0.15) is 35.1 Å². The molecule has 16 heteroatoms. The zero-order valence-corrected chi connectivity index (χ0v) is 19.0. The first-order valence-corrected chi connectivity index (χ1v) is 9.99. The monoisotopic (exact) mass is 632 g/mol. The Hall–Kier alpha value is -2.36. The molecule has 0 unspecified atom stereocenters. The van der Waals surface area contributed by atoms with Gasteiger partial charge in [0.05, 0.1) is 11.4 Å². The molecule has 0 bridgehead atoms. The van der Waals surface area contributed by atoms with E-state index in [-0.39, 0.29) is 8.95 Å². The lowest BCUT2D eigenvalue weighted by Gasteiger charge is -2.35. The van der Waals surface area contributed by atoms with Crippen molar-refractivity contribution in [2.75, 3.05) is 10.6 Å². The number of nitrogens with one attached hydrogen (secondary N) is 2. The fourth-order valence-electron chi connectivity index (χ4n) is 2.26. The van der Waals surface area contributed by atoms with Gasteiger partial charge in [0.25, 0.3) is 0 Å². The van der Waals surface area contributed by atoms with E-state index in [9.17, 15) is 53.5 Å². The summed E-state index contributed by atoms with van der Waals surface area (Å²) < 4.78 is 139. The summed E-state index contributed by atoms with van der Waals surface area (Å²) in [6.45, 7) is 0. The van der Waals surface area contributed by atoms with Crippen LogP contribution in [0.1, 0.15) is 0 Å². The predicted octanol–water partition coefficient (Wildman–Crippen LogP) is 6.61. The molecule has 2 rings (SSSR count). The Morgan fingerprint density at radius 1 is 0.618 bits per heavy atom. The van der Waals surface area contributed by atoms with Crippen molar-refractivity contribution in [3.63, 3.8) is 0 Å². The first-order chi connectivity index (χ1) is 15.4. The molecule has 0 aliphatic rings. The standard InChI is InChI=1S/C18H8Br2F10N2O2/c19-7-1-3-11(9(21)5-7)31-13(33)15(23,24)17(27,28)18(29,30)16(25,26)14(34)32-12-4-2-8(20)6-10(12)22/h1-6H,(H,31,33)(H,32,34). The highest BCUT2D eigenvalue weighted by molar-refractivity contribution is 9.10. The smallest absolute Gasteiger partial charge is 0.318 e. The number of anilines is 2. The van der Waals surface area contributed by atoms with E-state index in [0.717, 1.165) is 22.8 Å². The lowest BCUT2D eigenvalue weighted by atomic mass is 9.97. The first-order valence-electron chi connectivity index (χ1n) is 8.40. The van der Waals surface area contributed by atoms with Crippen LogP contribution in [0, 0.1) is 11.6 Å². The van der Waals surface area contributed by atoms with Crippen LogP contribution < -0.4 is 10.6 Å². The van der Waals surface area contributed by atoms with Crippen molar-refractivity contribution < 1.29 is 53.5 Å². The lowest BCUT2D eigenvalue weighted by molar-refractivity contribution is -0.345. The number of hydrogen-bond donors (Lipinski definition) is 2. The van der Waals surface area contributed by atoms with Crippen LogP contribution in [0.5, 0.6) is 0 Å². The second-order valence-corrected chi connectivity index (χ2v) is 8.29. The minimum atomic E-state index is -7.19. The maximum atomic E-state index is 14.0.